The Bertz CT molecular complexity index is 818. The number of carbonyl (C=O) groups is 2. The summed E-state index contributed by atoms with van der Waals surface area (Å²) in [6.45, 7) is 1.85. The molecule has 0 radical (unpaired) electrons. The summed E-state index contributed by atoms with van der Waals surface area (Å²) < 4.78 is 4.63. The van der Waals surface area contributed by atoms with Gasteiger partial charge >= 0.3 is 5.97 Å². The maximum absolute atomic E-state index is 12.3. The van der Waals surface area contributed by atoms with Gasteiger partial charge in [-0.25, -0.2) is 4.79 Å². The number of hydrogen-bond donors (Lipinski definition) is 1. The minimum atomic E-state index is -0.448. The zero-order chi connectivity index (χ0) is 18.2. The van der Waals surface area contributed by atoms with E-state index in [2.05, 4.69) is 10.1 Å². The summed E-state index contributed by atoms with van der Waals surface area (Å²) >= 11 is 0. The average Bonchev–Trinajstić information content (AvgIpc) is 2.66. The summed E-state index contributed by atoms with van der Waals surface area (Å²) in [6, 6.07) is 17.7. The van der Waals surface area contributed by atoms with E-state index in [4.69, 9.17) is 0 Å². The van der Waals surface area contributed by atoms with Gasteiger partial charge in [0.1, 0.15) is 11.6 Å². The van der Waals surface area contributed by atoms with Gasteiger partial charge in [0.05, 0.1) is 18.7 Å². The van der Waals surface area contributed by atoms with Crippen LogP contribution >= 0.6 is 0 Å². The average molecular weight is 334 g/mol. The van der Waals surface area contributed by atoms with Gasteiger partial charge < -0.3 is 10.1 Å². The number of esters is 1. The van der Waals surface area contributed by atoms with Gasteiger partial charge in [-0.2, -0.15) is 5.26 Å². The van der Waals surface area contributed by atoms with Gasteiger partial charge in [-0.3, -0.25) is 4.79 Å². The molecule has 2 rings (SSSR count). The first-order valence-corrected chi connectivity index (χ1v) is 7.71. The predicted molar refractivity (Wildman–Crippen MR) is 94.4 cm³/mol. The van der Waals surface area contributed by atoms with Crippen molar-refractivity contribution in [3.05, 3.63) is 76.9 Å². The Hall–Kier alpha value is -3.39. The molecule has 0 saturated heterocycles. The summed E-state index contributed by atoms with van der Waals surface area (Å²) in [6.07, 6.45) is 1.48. The Labute approximate surface area is 146 Å². The first-order chi connectivity index (χ1) is 12.0. The zero-order valence-corrected chi connectivity index (χ0v) is 14.0. The van der Waals surface area contributed by atoms with E-state index in [1.165, 1.54) is 13.2 Å². The number of carbonyl (C=O) groups excluding carboxylic acids is 2. The van der Waals surface area contributed by atoms with E-state index in [0.717, 1.165) is 5.56 Å². The molecular weight excluding hydrogens is 316 g/mol. The molecule has 0 heterocycles. The SMILES string of the molecule is COC(=O)c1ccc(/C=C(\C#N)C(=O)N[C@H](C)c2ccccc2)cc1. The third kappa shape index (κ3) is 4.79. The molecule has 1 N–H and O–H groups in total. The van der Waals surface area contributed by atoms with Gasteiger partial charge in [0.25, 0.3) is 5.91 Å². The van der Waals surface area contributed by atoms with E-state index in [0.29, 0.717) is 11.1 Å². The van der Waals surface area contributed by atoms with E-state index in [-0.39, 0.29) is 11.6 Å². The summed E-state index contributed by atoms with van der Waals surface area (Å²) in [7, 11) is 1.31. The lowest BCUT2D eigenvalue weighted by atomic mass is 10.1. The van der Waals surface area contributed by atoms with Crippen molar-refractivity contribution in [2.75, 3.05) is 7.11 Å². The highest BCUT2D eigenvalue weighted by molar-refractivity contribution is 6.02. The molecule has 5 heteroatoms. The molecule has 0 spiro atoms. The van der Waals surface area contributed by atoms with E-state index < -0.39 is 11.9 Å². The molecule has 0 fully saturated rings. The lowest BCUT2D eigenvalue weighted by Gasteiger charge is -2.13. The van der Waals surface area contributed by atoms with Crippen LogP contribution in [-0.4, -0.2) is 19.0 Å². The van der Waals surface area contributed by atoms with E-state index in [1.54, 1.807) is 24.3 Å². The zero-order valence-electron chi connectivity index (χ0n) is 14.0. The molecule has 1 atom stereocenters. The molecule has 0 unspecified atom stereocenters. The van der Waals surface area contributed by atoms with Crippen molar-refractivity contribution in [2.24, 2.45) is 0 Å². The summed E-state index contributed by atoms with van der Waals surface area (Å²) in [5, 5.41) is 12.1. The minimum Gasteiger partial charge on any atom is -0.465 e. The van der Waals surface area contributed by atoms with Gasteiger partial charge in [0.2, 0.25) is 0 Å². The van der Waals surface area contributed by atoms with Crippen LogP contribution in [0.1, 0.15) is 34.5 Å². The van der Waals surface area contributed by atoms with E-state index >= 15 is 0 Å². The van der Waals surface area contributed by atoms with Crippen LogP contribution in [0.5, 0.6) is 0 Å². The quantitative estimate of drug-likeness (QED) is 0.517. The van der Waals surface area contributed by atoms with Crippen molar-refractivity contribution in [3.63, 3.8) is 0 Å². The highest BCUT2D eigenvalue weighted by Gasteiger charge is 2.13. The molecular formula is C20H18N2O3. The summed E-state index contributed by atoms with van der Waals surface area (Å²) in [5.74, 6) is -0.888. The lowest BCUT2D eigenvalue weighted by molar-refractivity contribution is -0.117. The van der Waals surface area contributed by atoms with Crippen molar-refractivity contribution in [2.45, 2.75) is 13.0 Å². The number of hydrogen-bond acceptors (Lipinski definition) is 4. The van der Waals surface area contributed by atoms with Crippen molar-refractivity contribution >= 4 is 18.0 Å². The molecule has 0 bridgehead atoms. The monoisotopic (exact) mass is 334 g/mol. The van der Waals surface area contributed by atoms with Crippen molar-refractivity contribution < 1.29 is 14.3 Å². The van der Waals surface area contributed by atoms with Crippen LogP contribution < -0.4 is 5.32 Å². The molecule has 25 heavy (non-hydrogen) atoms. The predicted octanol–water partition coefficient (Wildman–Crippen LogP) is 3.26. The van der Waals surface area contributed by atoms with Crippen molar-refractivity contribution in [1.82, 2.24) is 5.32 Å². The van der Waals surface area contributed by atoms with Crippen LogP contribution in [0.3, 0.4) is 0 Å². The molecule has 5 nitrogen and oxygen atoms in total. The highest BCUT2D eigenvalue weighted by Crippen LogP contribution is 2.14. The number of rotatable bonds is 5. The Balaban J connectivity index is 2.12. The Kier molecular flexibility index (Phi) is 6.08. The first kappa shape index (κ1) is 18.0. The highest BCUT2D eigenvalue weighted by atomic mass is 16.5. The molecule has 0 saturated carbocycles. The molecule has 1 amide bonds. The number of amides is 1. The third-order valence-corrected chi connectivity index (χ3v) is 3.66. The fourth-order valence-electron chi connectivity index (χ4n) is 2.25. The van der Waals surface area contributed by atoms with Gasteiger partial charge in [-0.15, -0.1) is 0 Å². The number of ether oxygens (including phenoxy) is 1. The summed E-state index contributed by atoms with van der Waals surface area (Å²) in [4.78, 5) is 23.7. The van der Waals surface area contributed by atoms with Crippen molar-refractivity contribution in [1.29, 1.82) is 5.26 Å². The molecule has 126 valence electrons. The lowest BCUT2D eigenvalue weighted by Crippen LogP contribution is -2.27. The fraction of sp³-hybridized carbons (Fsp3) is 0.150. The maximum atomic E-state index is 12.3. The second kappa shape index (κ2) is 8.46. The van der Waals surface area contributed by atoms with Gasteiger partial charge in [0, 0.05) is 0 Å². The topological polar surface area (TPSA) is 79.2 Å². The van der Waals surface area contributed by atoms with Crippen LogP contribution in [0.15, 0.2) is 60.2 Å². The van der Waals surface area contributed by atoms with Gasteiger partial charge in [-0.1, -0.05) is 42.5 Å². The largest absolute Gasteiger partial charge is 0.465 e. The third-order valence-electron chi connectivity index (χ3n) is 3.66. The Morgan fingerprint density at radius 3 is 2.32 bits per heavy atom. The molecule has 2 aromatic rings. The normalized spacial score (nSPS) is 12.0. The summed E-state index contributed by atoms with van der Waals surface area (Å²) in [5.41, 5.74) is 2.00. The molecule has 0 aromatic heterocycles. The van der Waals surface area contributed by atoms with Crippen LogP contribution in [0.2, 0.25) is 0 Å². The number of nitrogens with zero attached hydrogens (tertiary/aromatic N) is 1. The van der Waals surface area contributed by atoms with Crippen LogP contribution in [0, 0.1) is 11.3 Å². The standard InChI is InChI=1S/C20H18N2O3/c1-14(16-6-4-3-5-7-16)22-19(23)18(13-21)12-15-8-10-17(11-9-15)20(24)25-2/h3-12,14H,1-2H3,(H,22,23)/b18-12+/t14-/m1/s1. The molecule has 0 aliphatic rings. The van der Waals surface area contributed by atoms with Crippen LogP contribution in [-0.2, 0) is 9.53 Å². The van der Waals surface area contributed by atoms with E-state index in [9.17, 15) is 14.9 Å². The minimum absolute atomic E-state index is 0.00593. The van der Waals surface area contributed by atoms with Gasteiger partial charge in [0.15, 0.2) is 0 Å². The van der Waals surface area contributed by atoms with Crippen molar-refractivity contribution in [3.8, 4) is 6.07 Å². The second-order valence-corrected chi connectivity index (χ2v) is 5.39. The number of methoxy groups -OCH3 is 1. The Morgan fingerprint density at radius 1 is 1.12 bits per heavy atom. The van der Waals surface area contributed by atoms with Gasteiger partial charge in [-0.05, 0) is 36.3 Å². The fourth-order valence-corrected chi connectivity index (χ4v) is 2.25. The van der Waals surface area contributed by atoms with Crippen LogP contribution in [0.25, 0.3) is 6.08 Å². The van der Waals surface area contributed by atoms with Crippen LogP contribution in [0.4, 0.5) is 0 Å². The maximum Gasteiger partial charge on any atom is 0.337 e. The van der Waals surface area contributed by atoms with E-state index in [1.807, 2.05) is 43.3 Å². The molecule has 0 aliphatic carbocycles. The number of benzene rings is 2. The smallest absolute Gasteiger partial charge is 0.337 e. The molecule has 0 aliphatic heterocycles. The first-order valence-electron chi connectivity index (χ1n) is 7.71. The Morgan fingerprint density at radius 2 is 1.76 bits per heavy atom. The molecule has 2 aromatic carbocycles. The number of nitriles is 1. The number of nitrogens with one attached hydrogen (secondary N) is 1. The second-order valence-electron chi connectivity index (χ2n) is 5.39.